The maximum absolute atomic E-state index is 12.6. The summed E-state index contributed by atoms with van der Waals surface area (Å²) >= 11 is 0. The van der Waals surface area contributed by atoms with Crippen LogP contribution in [0.4, 0.5) is 11.4 Å². The third-order valence-electron chi connectivity index (χ3n) is 5.34. The van der Waals surface area contributed by atoms with Crippen LogP contribution >= 0.6 is 0 Å². The number of carbonyl (C=O) groups excluding carboxylic acids is 1. The molecule has 1 heterocycles. The number of amides is 1. The molecule has 1 aromatic carbocycles. The Morgan fingerprint density at radius 1 is 1.00 bits per heavy atom. The maximum Gasteiger partial charge on any atom is 0.253 e. The molecule has 7 heteroatoms. The summed E-state index contributed by atoms with van der Waals surface area (Å²) in [7, 11) is 3.54. The number of rotatable bonds is 3. The Kier molecular flexibility index (Phi) is 4.62. The molecule has 2 aliphatic rings. The highest BCUT2D eigenvalue weighted by Gasteiger charge is 2.33. The van der Waals surface area contributed by atoms with Crippen LogP contribution in [0.2, 0.25) is 0 Å². The largest absolute Gasteiger partial charge is 0.373 e. The molecule has 24 heavy (non-hydrogen) atoms. The number of anilines is 2. The van der Waals surface area contributed by atoms with E-state index in [1.807, 2.05) is 9.80 Å². The van der Waals surface area contributed by atoms with E-state index in [1.54, 1.807) is 19.0 Å². The summed E-state index contributed by atoms with van der Waals surface area (Å²) in [4.78, 5) is 41.8. The van der Waals surface area contributed by atoms with Gasteiger partial charge in [-0.2, -0.15) is 0 Å². The Labute approximate surface area is 141 Å². The molecular formula is C17H26N4O3. The lowest BCUT2D eigenvalue weighted by Crippen LogP contribution is -2.54. The molecule has 1 aliphatic carbocycles. The van der Waals surface area contributed by atoms with Gasteiger partial charge >= 0.3 is 0 Å². The van der Waals surface area contributed by atoms with Crippen LogP contribution in [-0.4, -0.2) is 57.1 Å². The van der Waals surface area contributed by atoms with Gasteiger partial charge in [0.25, 0.3) is 10.9 Å². The Bertz CT molecular complexity index is 676. The van der Waals surface area contributed by atoms with Gasteiger partial charge in [-0.3, -0.25) is 14.4 Å². The van der Waals surface area contributed by atoms with Crippen molar-refractivity contribution in [2.45, 2.75) is 31.7 Å². The zero-order valence-electron chi connectivity index (χ0n) is 14.5. The van der Waals surface area contributed by atoms with E-state index in [-0.39, 0.29) is 17.9 Å². The van der Waals surface area contributed by atoms with Crippen molar-refractivity contribution in [2.75, 3.05) is 50.1 Å². The van der Waals surface area contributed by atoms with E-state index >= 15 is 0 Å². The van der Waals surface area contributed by atoms with E-state index in [1.165, 1.54) is 0 Å². The monoisotopic (exact) mass is 334 g/mol. The molecule has 0 atom stereocenters. The fraction of sp³-hybridized carbons (Fsp3) is 0.706. The first-order valence-corrected chi connectivity index (χ1v) is 8.70. The van der Waals surface area contributed by atoms with Crippen LogP contribution in [0.25, 0.3) is 0 Å². The Morgan fingerprint density at radius 2 is 1.58 bits per heavy atom. The van der Waals surface area contributed by atoms with Crippen LogP contribution in [0.3, 0.4) is 0 Å². The smallest absolute Gasteiger partial charge is 0.253 e. The van der Waals surface area contributed by atoms with E-state index in [4.69, 9.17) is 5.73 Å². The molecule has 0 unspecified atom stereocenters. The number of piperazine rings is 1. The van der Waals surface area contributed by atoms with E-state index in [0.29, 0.717) is 37.6 Å². The number of carbonyl (C=O) groups is 1. The van der Waals surface area contributed by atoms with Crippen molar-refractivity contribution in [3.8, 4) is 0 Å². The van der Waals surface area contributed by atoms with Crippen LogP contribution in [0.1, 0.15) is 25.7 Å². The molecule has 1 aliphatic heterocycles. The zero-order valence-corrected chi connectivity index (χ0v) is 14.5. The first-order valence-electron chi connectivity index (χ1n) is 8.70. The summed E-state index contributed by atoms with van der Waals surface area (Å²) in [5, 5.41) is 0. The minimum absolute atomic E-state index is 0.0971. The quantitative estimate of drug-likeness (QED) is 0.751. The van der Waals surface area contributed by atoms with Gasteiger partial charge in [-0.25, -0.2) is 0 Å². The molecule has 0 radical (unpaired) electrons. The van der Waals surface area contributed by atoms with Crippen molar-refractivity contribution in [3.63, 3.8) is 0 Å². The van der Waals surface area contributed by atoms with Gasteiger partial charge in [0.1, 0.15) is 11.4 Å². The molecule has 1 amide bonds. The second-order valence-electron chi connectivity index (χ2n) is 7.17. The number of hydrogen-bond acceptors (Lipinski definition) is 6. The normalized spacial score (nSPS) is 25.1. The van der Waals surface area contributed by atoms with Crippen molar-refractivity contribution in [2.24, 2.45) is 11.7 Å². The van der Waals surface area contributed by atoms with Gasteiger partial charge in [-0.05, 0) is 25.7 Å². The first kappa shape index (κ1) is 17.0. The summed E-state index contributed by atoms with van der Waals surface area (Å²) in [6, 6.07) is 0.240. The van der Waals surface area contributed by atoms with Gasteiger partial charge < -0.3 is 20.4 Å². The fourth-order valence-electron chi connectivity index (χ4n) is 3.85. The van der Waals surface area contributed by atoms with Gasteiger partial charge in [0.05, 0.1) is 0 Å². The topological polar surface area (TPSA) is 86.9 Å². The van der Waals surface area contributed by atoms with Gasteiger partial charge in [-0.15, -0.1) is 0 Å². The Balaban J connectivity index is 1.60. The molecular weight excluding hydrogens is 308 g/mol. The lowest BCUT2D eigenvalue weighted by atomic mass is 9.85. The zero-order chi connectivity index (χ0) is 17.4. The second-order valence-corrected chi connectivity index (χ2v) is 7.17. The van der Waals surface area contributed by atoms with Crippen molar-refractivity contribution in [1.29, 1.82) is 0 Å². The van der Waals surface area contributed by atoms with Crippen molar-refractivity contribution in [1.82, 2.24) is 4.90 Å². The molecule has 2 N–H and O–H groups in total. The van der Waals surface area contributed by atoms with Crippen LogP contribution in [0.15, 0.2) is 9.59 Å². The first-order chi connectivity index (χ1) is 11.4. The van der Waals surface area contributed by atoms with Crippen molar-refractivity contribution < 1.29 is 4.79 Å². The van der Waals surface area contributed by atoms with Gasteiger partial charge in [-0.1, -0.05) is 0 Å². The van der Waals surface area contributed by atoms with E-state index in [0.717, 1.165) is 25.7 Å². The highest BCUT2D eigenvalue weighted by Crippen LogP contribution is 2.27. The van der Waals surface area contributed by atoms with E-state index in [2.05, 4.69) is 0 Å². The molecule has 2 fully saturated rings. The molecule has 0 aromatic heterocycles. The average molecular weight is 334 g/mol. The predicted octanol–water partition coefficient (Wildman–Crippen LogP) is -0.485. The third kappa shape index (κ3) is 2.92. The SMILES string of the molecule is CN(C)c1c(N2CCN(C(=O)C3CCC(N)CC3)CC2)c(=O)c1=O. The highest BCUT2D eigenvalue weighted by molar-refractivity contribution is 5.80. The summed E-state index contributed by atoms with van der Waals surface area (Å²) in [5.74, 6) is 0.319. The summed E-state index contributed by atoms with van der Waals surface area (Å²) in [5.41, 5.74) is 6.10. The molecule has 1 saturated carbocycles. The Hall–Kier alpha value is -1.89. The Morgan fingerprint density at radius 3 is 2.12 bits per heavy atom. The van der Waals surface area contributed by atoms with E-state index in [9.17, 15) is 14.4 Å². The minimum Gasteiger partial charge on any atom is -0.373 e. The minimum atomic E-state index is -0.410. The second kappa shape index (κ2) is 6.55. The number of hydrogen-bond donors (Lipinski definition) is 1. The summed E-state index contributed by atoms with van der Waals surface area (Å²) in [6.07, 6.45) is 3.60. The summed E-state index contributed by atoms with van der Waals surface area (Å²) in [6.45, 7) is 2.41. The van der Waals surface area contributed by atoms with E-state index < -0.39 is 10.9 Å². The highest BCUT2D eigenvalue weighted by atomic mass is 16.2. The van der Waals surface area contributed by atoms with Gasteiger partial charge in [0.15, 0.2) is 0 Å². The standard InChI is InChI=1S/C17H26N4O3/c1-19(2)13-14(16(23)15(13)22)20-7-9-21(10-8-20)17(24)11-3-5-12(18)6-4-11/h11-12H,3-10,18H2,1-2H3. The predicted molar refractivity (Wildman–Crippen MR) is 94.4 cm³/mol. The molecule has 0 spiro atoms. The lowest BCUT2D eigenvalue weighted by molar-refractivity contribution is -0.136. The summed E-state index contributed by atoms with van der Waals surface area (Å²) < 4.78 is 0. The van der Waals surface area contributed by atoms with Crippen LogP contribution < -0.4 is 26.4 Å². The molecule has 3 rings (SSSR count). The lowest BCUT2D eigenvalue weighted by Gasteiger charge is -2.39. The molecule has 7 nitrogen and oxygen atoms in total. The molecule has 1 saturated heterocycles. The van der Waals surface area contributed by atoms with Crippen LogP contribution in [0.5, 0.6) is 0 Å². The van der Waals surface area contributed by atoms with Crippen molar-refractivity contribution in [3.05, 3.63) is 20.4 Å². The van der Waals surface area contributed by atoms with Crippen LogP contribution in [0, 0.1) is 5.92 Å². The fourth-order valence-corrected chi connectivity index (χ4v) is 3.85. The molecule has 1 aromatic rings. The van der Waals surface area contributed by atoms with Gasteiger partial charge in [0.2, 0.25) is 5.91 Å². The number of nitrogens with two attached hydrogens (primary N) is 1. The maximum atomic E-state index is 12.6. The molecule has 0 bridgehead atoms. The average Bonchev–Trinajstić information content (AvgIpc) is 2.58. The van der Waals surface area contributed by atoms with Crippen molar-refractivity contribution >= 4 is 17.3 Å². The van der Waals surface area contributed by atoms with Gasteiger partial charge in [0, 0.05) is 52.2 Å². The third-order valence-corrected chi connectivity index (χ3v) is 5.34. The number of nitrogens with zero attached hydrogens (tertiary/aromatic N) is 3. The van der Waals surface area contributed by atoms with Crippen LogP contribution in [-0.2, 0) is 4.79 Å². The molecule has 132 valence electrons.